The molecule has 1 aliphatic heterocycles. The van der Waals surface area contributed by atoms with Crippen LogP contribution < -0.4 is 5.32 Å². The molecule has 1 fully saturated rings. The van der Waals surface area contributed by atoms with Gasteiger partial charge in [-0.15, -0.1) is 0 Å². The minimum atomic E-state index is -0.371. The molecule has 1 amide bonds. The third-order valence-electron chi connectivity index (χ3n) is 3.13. The smallest absolute Gasteiger partial charge is 0.333 e. The van der Waals surface area contributed by atoms with E-state index in [1.165, 1.54) is 18.6 Å². The van der Waals surface area contributed by atoms with Gasteiger partial charge in [0.05, 0.1) is 6.61 Å². The average molecular weight is 332 g/mol. The molecule has 6 heteroatoms. The number of hydrogen-bond acceptors (Lipinski definition) is 5. The Morgan fingerprint density at radius 2 is 2.14 bits per heavy atom. The number of unbranched alkanes of at least 4 members (excludes halogenated alkanes) is 1. The van der Waals surface area contributed by atoms with Crippen LogP contribution in [0.25, 0.3) is 0 Å². The highest BCUT2D eigenvalue weighted by Gasteiger charge is 2.15. The van der Waals surface area contributed by atoms with Crippen molar-refractivity contribution in [3.63, 3.8) is 0 Å². The molecule has 1 aliphatic rings. The molecule has 0 spiro atoms. The maximum Gasteiger partial charge on any atom is 0.333 e. The Hall–Kier alpha value is -0.620. The molecule has 0 aromatic heterocycles. The van der Waals surface area contributed by atoms with Gasteiger partial charge in [0.2, 0.25) is 5.91 Å². The van der Waals surface area contributed by atoms with E-state index in [0.717, 1.165) is 18.1 Å². The quantitative estimate of drug-likeness (QED) is 0.288. The normalized spacial score (nSPS) is 17.5. The van der Waals surface area contributed by atoms with Gasteiger partial charge in [-0.05, 0) is 32.6 Å². The topological polar surface area (TPSA) is 55.4 Å². The second kappa shape index (κ2) is 11.0. The molecule has 0 saturated carbocycles. The predicted octanol–water partition coefficient (Wildman–Crippen LogP) is 3.33. The van der Waals surface area contributed by atoms with E-state index < -0.39 is 0 Å². The lowest BCUT2D eigenvalue weighted by molar-refractivity contribution is -0.138. The van der Waals surface area contributed by atoms with Gasteiger partial charge in [0.25, 0.3) is 0 Å². The summed E-state index contributed by atoms with van der Waals surface area (Å²) in [5, 5.41) is 3.64. The lowest BCUT2D eigenvalue weighted by Gasteiger charge is -2.08. The molecule has 0 aliphatic carbocycles. The number of carbonyl (C=O) groups is 2. The summed E-state index contributed by atoms with van der Waals surface area (Å²) in [6.07, 6.45) is 5.85. The largest absolute Gasteiger partial charge is 0.462 e. The Labute approximate surface area is 135 Å². The highest BCUT2D eigenvalue weighted by atomic mass is 33.1. The van der Waals surface area contributed by atoms with Crippen LogP contribution in [0.1, 0.15) is 45.4 Å². The van der Waals surface area contributed by atoms with Crippen molar-refractivity contribution in [2.75, 3.05) is 18.9 Å². The van der Waals surface area contributed by atoms with Crippen LogP contribution in [0.5, 0.6) is 0 Å². The number of hydrogen-bond donors (Lipinski definition) is 1. The average Bonchev–Trinajstić information content (AvgIpc) is 2.96. The monoisotopic (exact) mass is 331 g/mol. The summed E-state index contributed by atoms with van der Waals surface area (Å²) in [4.78, 5) is 22.7. The number of ether oxygens (including phenoxy) is 1. The van der Waals surface area contributed by atoms with E-state index in [4.69, 9.17) is 4.74 Å². The summed E-state index contributed by atoms with van der Waals surface area (Å²) in [7, 11) is 3.96. The van der Waals surface area contributed by atoms with Crippen molar-refractivity contribution < 1.29 is 14.3 Å². The third-order valence-corrected chi connectivity index (χ3v) is 6.14. The zero-order valence-electron chi connectivity index (χ0n) is 12.7. The van der Waals surface area contributed by atoms with Crippen LogP contribution in [0.2, 0.25) is 0 Å². The molecule has 1 saturated heterocycles. The molecule has 1 N–H and O–H groups in total. The van der Waals surface area contributed by atoms with Crippen LogP contribution in [0, 0.1) is 0 Å². The first kappa shape index (κ1) is 18.4. The summed E-state index contributed by atoms with van der Waals surface area (Å²) < 4.78 is 4.95. The van der Waals surface area contributed by atoms with Gasteiger partial charge in [-0.2, -0.15) is 0 Å². The molecule has 1 unspecified atom stereocenters. The molecule has 120 valence electrons. The van der Waals surface area contributed by atoms with Gasteiger partial charge in [0, 0.05) is 29.5 Å². The fourth-order valence-corrected chi connectivity index (χ4v) is 4.93. The molecule has 0 aromatic rings. The molecule has 0 bridgehead atoms. The molecule has 1 atom stereocenters. The first-order valence-electron chi connectivity index (χ1n) is 7.47. The van der Waals surface area contributed by atoms with Crippen molar-refractivity contribution in [3.8, 4) is 0 Å². The van der Waals surface area contributed by atoms with E-state index in [1.54, 1.807) is 6.92 Å². The van der Waals surface area contributed by atoms with Gasteiger partial charge in [0.15, 0.2) is 0 Å². The minimum absolute atomic E-state index is 0.0923. The summed E-state index contributed by atoms with van der Waals surface area (Å²) in [6.45, 7) is 6.00. The highest BCUT2D eigenvalue weighted by molar-refractivity contribution is 8.77. The Morgan fingerprint density at radius 1 is 1.33 bits per heavy atom. The van der Waals surface area contributed by atoms with E-state index in [1.807, 2.05) is 21.6 Å². The number of rotatable bonds is 10. The number of nitrogens with one attached hydrogen (secondary N) is 1. The van der Waals surface area contributed by atoms with Gasteiger partial charge in [-0.1, -0.05) is 34.6 Å². The van der Waals surface area contributed by atoms with E-state index in [-0.39, 0.29) is 11.9 Å². The zero-order chi connectivity index (χ0) is 15.5. The predicted molar refractivity (Wildman–Crippen MR) is 90.3 cm³/mol. The maximum absolute atomic E-state index is 11.6. The molecule has 1 rings (SSSR count). The summed E-state index contributed by atoms with van der Waals surface area (Å²) in [5.74, 6) is 0.991. The van der Waals surface area contributed by atoms with Crippen molar-refractivity contribution in [1.29, 1.82) is 0 Å². The fraction of sp³-hybridized carbons (Fsp3) is 0.733. The summed E-state index contributed by atoms with van der Waals surface area (Å²) in [6, 6.07) is 0. The first-order valence-corrected chi connectivity index (χ1v) is 9.85. The highest BCUT2D eigenvalue weighted by Crippen LogP contribution is 2.39. The number of carbonyl (C=O) groups excluding carboxylic acids is 2. The van der Waals surface area contributed by atoms with Crippen LogP contribution in [0.3, 0.4) is 0 Å². The Morgan fingerprint density at radius 3 is 2.81 bits per heavy atom. The standard InChI is InChI=1S/C15H25NO3S2/c1-12(2)15(18)19-10-5-9-16-14(17)7-4-3-6-13-8-11-20-21-13/h13H,1,3-11H2,2H3,(H,16,17). The molecule has 0 aromatic carbocycles. The van der Waals surface area contributed by atoms with Crippen LogP contribution in [-0.4, -0.2) is 36.0 Å². The minimum Gasteiger partial charge on any atom is -0.462 e. The lowest BCUT2D eigenvalue weighted by Crippen LogP contribution is -2.25. The Kier molecular flexibility index (Phi) is 9.67. The second-order valence-corrected chi connectivity index (χ2v) is 7.98. The number of amides is 1. The Balaban J connectivity index is 1.89. The molecular formula is C15H25NO3S2. The van der Waals surface area contributed by atoms with Crippen LogP contribution >= 0.6 is 21.6 Å². The van der Waals surface area contributed by atoms with Gasteiger partial charge < -0.3 is 10.1 Å². The van der Waals surface area contributed by atoms with Crippen molar-refractivity contribution in [2.45, 2.75) is 50.7 Å². The molecular weight excluding hydrogens is 306 g/mol. The number of esters is 1. The van der Waals surface area contributed by atoms with Gasteiger partial charge in [0.1, 0.15) is 0 Å². The zero-order valence-corrected chi connectivity index (χ0v) is 14.3. The van der Waals surface area contributed by atoms with Gasteiger partial charge in [-0.3, -0.25) is 4.79 Å². The molecule has 1 heterocycles. The van der Waals surface area contributed by atoms with Crippen molar-refractivity contribution in [1.82, 2.24) is 5.32 Å². The van der Waals surface area contributed by atoms with Crippen molar-refractivity contribution in [3.05, 3.63) is 12.2 Å². The first-order chi connectivity index (χ1) is 10.1. The van der Waals surface area contributed by atoms with Crippen LogP contribution in [-0.2, 0) is 14.3 Å². The van der Waals surface area contributed by atoms with E-state index in [0.29, 0.717) is 31.6 Å². The van der Waals surface area contributed by atoms with Crippen molar-refractivity contribution in [2.24, 2.45) is 0 Å². The van der Waals surface area contributed by atoms with Crippen LogP contribution in [0.15, 0.2) is 12.2 Å². The molecule has 4 nitrogen and oxygen atoms in total. The summed E-state index contributed by atoms with van der Waals surface area (Å²) in [5.41, 5.74) is 0.401. The molecule has 0 radical (unpaired) electrons. The SMILES string of the molecule is C=C(C)C(=O)OCCCNC(=O)CCCCC1CCSS1. The van der Waals surface area contributed by atoms with E-state index in [9.17, 15) is 9.59 Å². The van der Waals surface area contributed by atoms with Crippen LogP contribution in [0.4, 0.5) is 0 Å². The van der Waals surface area contributed by atoms with Gasteiger partial charge >= 0.3 is 5.97 Å². The third kappa shape index (κ3) is 9.09. The second-order valence-electron chi connectivity index (χ2n) is 5.19. The van der Waals surface area contributed by atoms with E-state index >= 15 is 0 Å². The summed E-state index contributed by atoms with van der Waals surface area (Å²) >= 11 is 0. The van der Waals surface area contributed by atoms with Crippen molar-refractivity contribution >= 4 is 33.5 Å². The fourth-order valence-electron chi connectivity index (χ4n) is 1.90. The van der Waals surface area contributed by atoms with Gasteiger partial charge in [-0.25, -0.2) is 4.79 Å². The maximum atomic E-state index is 11.6. The molecule has 21 heavy (non-hydrogen) atoms. The Bertz CT molecular complexity index is 355. The lowest BCUT2D eigenvalue weighted by atomic mass is 10.1. The van der Waals surface area contributed by atoms with E-state index in [2.05, 4.69) is 11.9 Å².